The van der Waals surface area contributed by atoms with E-state index in [1.807, 2.05) is 38.1 Å². The van der Waals surface area contributed by atoms with Gasteiger partial charge in [-0.15, -0.1) is 0 Å². The highest BCUT2D eigenvalue weighted by Crippen LogP contribution is 2.16. The summed E-state index contributed by atoms with van der Waals surface area (Å²) in [6, 6.07) is 22.9. The molecule has 3 heteroatoms. The molecule has 0 saturated carbocycles. The van der Waals surface area contributed by atoms with Crippen LogP contribution >= 0.6 is 0 Å². The maximum absolute atomic E-state index is 12.6. The van der Waals surface area contributed by atoms with Gasteiger partial charge in [0.25, 0.3) is 5.91 Å². The second-order valence-electron chi connectivity index (χ2n) is 7.90. The Kier molecular flexibility index (Phi) is 5.27. The Hall–Kier alpha value is -2.91. The molecular weight excluding hydrogens is 344 g/mol. The van der Waals surface area contributed by atoms with Crippen molar-refractivity contribution in [2.45, 2.75) is 33.4 Å². The van der Waals surface area contributed by atoms with Crippen LogP contribution in [0.3, 0.4) is 0 Å². The van der Waals surface area contributed by atoms with Gasteiger partial charge in [-0.25, -0.2) is 0 Å². The molecule has 0 bridgehead atoms. The molecule has 1 aliphatic heterocycles. The van der Waals surface area contributed by atoms with Gasteiger partial charge < -0.3 is 10.2 Å². The minimum absolute atomic E-state index is 0.0594. The number of quaternary nitrogens is 1. The van der Waals surface area contributed by atoms with Crippen LogP contribution in [0, 0.1) is 13.8 Å². The van der Waals surface area contributed by atoms with Gasteiger partial charge in [0.1, 0.15) is 13.1 Å². The molecule has 3 nitrogen and oxygen atoms in total. The van der Waals surface area contributed by atoms with Crippen molar-refractivity contribution in [2.75, 3.05) is 11.9 Å². The first-order valence-electron chi connectivity index (χ1n) is 9.96. The third kappa shape index (κ3) is 4.32. The SMILES string of the molecule is Cc1cc(C)cc(NC(=O)c2ccc(C[NH+]3CCc4ccccc4C3)cc2)c1. The van der Waals surface area contributed by atoms with E-state index in [0.29, 0.717) is 5.56 Å². The highest BCUT2D eigenvalue weighted by molar-refractivity contribution is 6.04. The van der Waals surface area contributed by atoms with E-state index in [1.54, 1.807) is 4.90 Å². The summed E-state index contributed by atoms with van der Waals surface area (Å²) in [5.74, 6) is -0.0594. The van der Waals surface area contributed by atoms with Crippen LogP contribution in [-0.2, 0) is 19.5 Å². The van der Waals surface area contributed by atoms with Crippen LogP contribution in [0.5, 0.6) is 0 Å². The van der Waals surface area contributed by atoms with Gasteiger partial charge >= 0.3 is 0 Å². The summed E-state index contributed by atoms with van der Waals surface area (Å²) < 4.78 is 0. The molecule has 1 aliphatic rings. The maximum atomic E-state index is 12.6. The number of rotatable bonds is 4. The molecule has 0 aliphatic carbocycles. The molecule has 0 spiro atoms. The zero-order valence-corrected chi connectivity index (χ0v) is 16.6. The number of amides is 1. The largest absolute Gasteiger partial charge is 0.327 e. The normalized spacial score (nSPS) is 15.7. The number of hydrogen-bond donors (Lipinski definition) is 2. The van der Waals surface area contributed by atoms with Gasteiger partial charge in [-0.05, 0) is 54.8 Å². The number of hydrogen-bond acceptors (Lipinski definition) is 1. The van der Waals surface area contributed by atoms with E-state index >= 15 is 0 Å². The summed E-state index contributed by atoms with van der Waals surface area (Å²) in [4.78, 5) is 14.1. The van der Waals surface area contributed by atoms with Crippen molar-refractivity contribution < 1.29 is 9.69 Å². The average Bonchev–Trinajstić information content (AvgIpc) is 2.67. The van der Waals surface area contributed by atoms with E-state index in [2.05, 4.69) is 47.8 Å². The zero-order valence-electron chi connectivity index (χ0n) is 16.6. The summed E-state index contributed by atoms with van der Waals surface area (Å²) in [5, 5.41) is 3.01. The molecule has 142 valence electrons. The van der Waals surface area contributed by atoms with Crippen molar-refractivity contribution in [1.29, 1.82) is 0 Å². The fourth-order valence-corrected chi connectivity index (χ4v) is 4.11. The molecule has 0 aromatic heterocycles. The van der Waals surface area contributed by atoms with Crippen LogP contribution in [0.1, 0.15) is 38.2 Å². The van der Waals surface area contributed by atoms with Gasteiger partial charge in [0.15, 0.2) is 0 Å². The number of nitrogens with one attached hydrogen (secondary N) is 2. The average molecular weight is 372 g/mol. The molecule has 2 N–H and O–H groups in total. The number of fused-ring (bicyclic) bond motifs is 1. The van der Waals surface area contributed by atoms with Crippen molar-refractivity contribution in [1.82, 2.24) is 0 Å². The monoisotopic (exact) mass is 371 g/mol. The van der Waals surface area contributed by atoms with Gasteiger partial charge in [0.05, 0.1) is 6.54 Å². The van der Waals surface area contributed by atoms with Gasteiger partial charge in [-0.1, -0.05) is 42.5 Å². The standard InChI is InChI=1S/C25H26N2O/c1-18-13-19(2)15-24(14-18)26-25(28)22-9-7-20(8-10-22)16-27-12-11-21-5-3-4-6-23(21)17-27/h3-10,13-15H,11-12,16-17H2,1-2H3,(H,26,28)/p+1. The Balaban J connectivity index is 1.39. The first-order valence-corrected chi connectivity index (χ1v) is 9.96. The van der Waals surface area contributed by atoms with E-state index in [9.17, 15) is 4.79 Å². The maximum Gasteiger partial charge on any atom is 0.255 e. The van der Waals surface area contributed by atoms with Crippen molar-refractivity contribution in [3.05, 3.63) is 100 Å². The molecule has 3 aromatic rings. The van der Waals surface area contributed by atoms with Crippen molar-refractivity contribution in [3.63, 3.8) is 0 Å². The van der Waals surface area contributed by atoms with Crippen LogP contribution in [0.25, 0.3) is 0 Å². The summed E-state index contributed by atoms with van der Waals surface area (Å²) in [6.45, 7) is 7.31. The van der Waals surface area contributed by atoms with Crippen LogP contribution in [-0.4, -0.2) is 12.5 Å². The van der Waals surface area contributed by atoms with Gasteiger partial charge in [-0.2, -0.15) is 0 Å². The lowest BCUT2D eigenvalue weighted by Gasteiger charge is -2.26. The third-order valence-electron chi connectivity index (χ3n) is 5.46. The van der Waals surface area contributed by atoms with Crippen molar-refractivity contribution >= 4 is 11.6 Å². The van der Waals surface area contributed by atoms with Gasteiger partial charge in [0, 0.05) is 28.8 Å². The van der Waals surface area contributed by atoms with Crippen LogP contribution in [0.2, 0.25) is 0 Å². The molecule has 3 aromatic carbocycles. The lowest BCUT2D eigenvalue weighted by molar-refractivity contribution is -0.929. The zero-order chi connectivity index (χ0) is 19.5. The molecular formula is C25H27N2O+. The molecule has 1 atom stereocenters. The van der Waals surface area contributed by atoms with Crippen LogP contribution in [0.4, 0.5) is 5.69 Å². The van der Waals surface area contributed by atoms with Crippen LogP contribution in [0.15, 0.2) is 66.7 Å². The summed E-state index contributed by atoms with van der Waals surface area (Å²) in [5.41, 5.74) is 8.08. The second-order valence-corrected chi connectivity index (χ2v) is 7.90. The Bertz CT molecular complexity index is 971. The first-order chi connectivity index (χ1) is 13.6. The Morgan fingerprint density at radius 2 is 1.61 bits per heavy atom. The Labute approximate surface area is 167 Å². The van der Waals surface area contributed by atoms with Gasteiger partial charge in [0.2, 0.25) is 0 Å². The minimum atomic E-state index is -0.0594. The van der Waals surface area contributed by atoms with E-state index in [1.165, 1.54) is 16.7 Å². The van der Waals surface area contributed by atoms with E-state index in [-0.39, 0.29) is 5.91 Å². The lowest BCUT2D eigenvalue weighted by atomic mass is 9.99. The highest BCUT2D eigenvalue weighted by atomic mass is 16.1. The number of aryl methyl sites for hydroxylation is 2. The molecule has 1 amide bonds. The predicted molar refractivity (Wildman–Crippen MR) is 114 cm³/mol. The highest BCUT2D eigenvalue weighted by Gasteiger charge is 2.19. The quantitative estimate of drug-likeness (QED) is 0.720. The molecule has 0 saturated heterocycles. The number of anilines is 1. The molecule has 0 fully saturated rings. The topological polar surface area (TPSA) is 33.5 Å². The fraction of sp³-hybridized carbons (Fsp3) is 0.240. The van der Waals surface area contributed by atoms with E-state index in [0.717, 1.165) is 42.9 Å². The molecule has 1 unspecified atom stereocenters. The molecule has 1 heterocycles. The summed E-state index contributed by atoms with van der Waals surface area (Å²) in [7, 11) is 0. The van der Waals surface area contributed by atoms with Crippen LogP contribution < -0.4 is 10.2 Å². The smallest absolute Gasteiger partial charge is 0.255 e. The molecule has 0 radical (unpaired) electrons. The second kappa shape index (κ2) is 7.99. The third-order valence-corrected chi connectivity index (χ3v) is 5.46. The Morgan fingerprint density at radius 3 is 2.32 bits per heavy atom. The number of carbonyl (C=O) groups excluding carboxylic acids is 1. The predicted octanol–water partition coefficient (Wildman–Crippen LogP) is 3.70. The number of benzene rings is 3. The lowest BCUT2D eigenvalue weighted by Crippen LogP contribution is -3.10. The summed E-state index contributed by atoms with van der Waals surface area (Å²) >= 11 is 0. The van der Waals surface area contributed by atoms with Crippen molar-refractivity contribution in [3.8, 4) is 0 Å². The van der Waals surface area contributed by atoms with E-state index < -0.39 is 0 Å². The molecule has 28 heavy (non-hydrogen) atoms. The summed E-state index contributed by atoms with van der Waals surface area (Å²) in [6.07, 6.45) is 1.14. The molecule has 4 rings (SSSR count). The minimum Gasteiger partial charge on any atom is -0.327 e. The van der Waals surface area contributed by atoms with E-state index in [4.69, 9.17) is 0 Å². The number of carbonyl (C=O) groups is 1. The van der Waals surface area contributed by atoms with Crippen molar-refractivity contribution in [2.24, 2.45) is 0 Å². The Morgan fingerprint density at radius 1 is 0.929 bits per heavy atom. The van der Waals surface area contributed by atoms with Gasteiger partial charge in [-0.3, -0.25) is 4.79 Å². The first kappa shape index (κ1) is 18.5. The fourth-order valence-electron chi connectivity index (χ4n) is 4.11.